The minimum atomic E-state index is -0.761. The molecule has 0 aliphatic carbocycles. The number of aromatic nitrogens is 5. The predicted molar refractivity (Wildman–Crippen MR) is 149 cm³/mol. The molecule has 3 aromatic heterocycles. The average molecular weight is 581 g/mol. The lowest BCUT2D eigenvalue weighted by molar-refractivity contribution is 0.0844. The highest BCUT2D eigenvalue weighted by Crippen LogP contribution is 2.37. The van der Waals surface area contributed by atoms with Crippen LogP contribution in [0.5, 0.6) is 17.6 Å². The number of methoxy groups -OCH3 is 1. The fourth-order valence-electron chi connectivity index (χ4n) is 3.83. The molecule has 1 atom stereocenters. The third-order valence-electron chi connectivity index (χ3n) is 5.63. The average Bonchev–Trinajstić information content (AvgIpc) is 3.37. The van der Waals surface area contributed by atoms with Gasteiger partial charge in [-0.05, 0) is 31.5 Å². The summed E-state index contributed by atoms with van der Waals surface area (Å²) in [6.45, 7) is 3.36. The number of nitrogens with one attached hydrogen (secondary N) is 1. The van der Waals surface area contributed by atoms with Crippen molar-refractivity contribution in [3.05, 3.63) is 54.2 Å². The normalized spacial score (nSPS) is 11.8. The number of carbonyl (C=O) groups excluding carboxylic acids is 1. The molecule has 0 spiro atoms. The largest absolute Gasteiger partial charge is 0.487 e. The van der Waals surface area contributed by atoms with Crippen molar-refractivity contribution in [2.75, 3.05) is 32.2 Å². The summed E-state index contributed by atoms with van der Waals surface area (Å²) < 4.78 is 36.8. The van der Waals surface area contributed by atoms with Crippen LogP contribution in [-0.2, 0) is 4.74 Å². The van der Waals surface area contributed by atoms with Crippen LogP contribution >= 0.6 is 11.3 Å². The van der Waals surface area contributed by atoms with Crippen LogP contribution < -0.4 is 19.5 Å². The molecule has 14 heteroatoms. The molecule has 5 rings (SSSR count). The van der Waals surface area contributed by atoms with Gasteiger partial charge in [-0.2, -0.15) is 0 Å². The highest BCUT2D eigenvalue weighted by Gasteiger charge is 2.17. The summed E-state index contributed by atoms with van der Waals surface area (Å²) in [6, 6.07) is 6.82. The van der Waals surface area contributed by atoms with E-state index in [4.69, 9.17) is 24.1 Å². The van der Waals surface area contributed by atoms with Gasteiger partial charge < -0.3 is 24.1 Å². The number of thiazole rings is 1. The van der Waals surface area contributed by atoms with Gasteiger partial charge in [-0.15, -0.1) is 11.3 Å². The second-order valence-corrected chi connectivity index (χ2v) is 9.87. The van der Waals surface area contributed by atoms with Crippen molar-refractivity contribution in [2.24, 2.45) is 0 Å². The third-order valence-corrected chi connectivity index (χ3v) is 6.68. The first-order valence-corrected chi connectivity index (χ1v) is 13.2. The molecule has 0 saturated heterocycles. The van der Waals surface area contributed by atoms with Gasteiger partial charge in [-0.25, -0.2) is 34.1 Å². The fourth-order valence-corrected chi connectivity index (χ4v) is 4.82. The van der Waals surface area contributed by atoms with Crippen LogP contribution in [0.15, 0.2) is 42.9 Å². The van der Waals surface area contributed by atoms with Crippen LogP contribution in [0.1, 0.15) is 12.5 Å². The van der Waals surface area contributed by atoms with Gasteiger partial charge in [0.05, 0.1) is 59.2 Å². The topological polar surface area (TPSA) is 151 Å². The number of benzene rings is 2. The van der Waals surface area contributed by atoms with Gasteiger partial charge in [0.25, 0.3) is 0 Å². The van der Waals surface area contributed by atoms with Crippen molar-refractivity contribution in [1.29, 1.82) is 0 Å². The van der Waals surface area contributed by atoms with E-state index in [2.05, 4.69) is 30.2 Å². The molecular weight excluding hydrogens is 555 g/mol. The fraction of sp³-hybridized carbons (Fsp3) is 0.259. The maximum absolute atomic E-state index is 14.9. The van der Waals surface area contributed by atoms with Crippen molar-refractivity contribution in [2.45, 2.75) is 20.0 Å². The molecule has 0 bridgehead atoms. The van der Waals surface area contributed by atoms with Gasteiger partial charge in [0.1, 0.15) is 24.3 Å². The molecule has 0 unspecified atom stereocenters. The molecule has 41 heavy (non-hydrogen) atoms. The summed E-state index contributed by atoms with van der Waals surface area (Å²) in [7, 11) is 1.53. The second kappa shape index (κ2) is 12.2. The number of aliphatic hydroxyl groups excluding tert-OH is 1. The molecule has 0 saturated carbocycles. The monoisotopic (exact) mass is 580 g/mol. The van der Waals surface area contributed by atoms with E-state index < -0.39 is 18.0 Å². The van der Waals surface area contributed by atoms with Gasteiger partial charge in [0.15, 0.2) is 11.6 Å². The number of aliphatic hydroxyl groups is 1. The number of rotatable bonds is 10. The Morgan fingerprint density at radius 2 is 1.88 bits per heavy atom. The molecule has 1 amide bonds. The van der Waals surface area contributed by atoms with E-state index in [-0.39, 0.29) is 37.3 Å². The van der Waals surface area contributed by atoms with Crippen molar-refractivity contribution in [3.8, 4) is 28.2 Å². The second-order valence-electron chi connectivity index (χ2n) is 8.84. The Balaban J connectivity index is 1.25. The number of hydrogen-bond acceptors (Lipinski definition) is 12. The quantitative estimate of drug-likeness (QED) is 0.240. The highest BCUT2D eigenvalue weighted by atomic mass is 32.1. The molecular formula is C27H25FN6O6S. The molecule has 12 nitrogen and oxygen atoms in total. The van der Waals surface area contributed by atoms with Gasteiger partial charge in [-0.3, -0.25) is 5.32 Å². The number of anilines is 1. The maximum atomic E-state index is 14.9. The Hall–Kier alpha value is -4.69. The Morgan fingerprint density at radius 1 is 1.07 bits per heavy atom. The minimum absolute atomic E-state index is 0.00838. The van der Waals surface area contributed by atoms with Crippen LogP contribution in [0.2, 0.25) is 0 Å². The molecule has 0 aliphatic rings. The first-order valence-electron chi connectivity index (χ1n) is 12.4. The summed E-state index contributed by atoms with van der Waals surface area (Å²) in [5.74, 6) is -0.176. The number of nitrogens with zero attached hydrogens (tertiary/aromatic N) is 5. The lowest BCUT2D eigenvalue weighted by atomic mass is 10.1. The lowest BCUT2D eigenvalue weighted by Gasteiger charge is -2.15. The standard InChI is InChI=1S/C27H25FN6O6S/c1-14-6-17(24-20(7-14)33-23(37-3)12-29-24)25-34-19-8-18(28)21(9-22(19)41-25)39-13-15(2)40-27(36)32-16-10-30-26(31-11-16)38-5-4-35/h6-12,15,35H,4-5,13H2,1-3H3,(H,32,36)/t15-/m1/s1. The number of fused-ring (bicyclic) bond motifs is 2. The number of hydrogen-bond donors (Lipinski definition) is 2. The molecule has 0 aliphatic heterocycles. The van der Waals surface area contributed by atoms with E-state index in [0.717, 1.165) is 11.1 Å². The predicted octanol–water partition coefficient (Wildman–Crippen LogP) is 4.54. The first-order chi connectivity index (χ1) is 19.8. The zero-order chi connectivity index (χ0) is 28.9. The summed E-state index contributed by atoms with van der Waals surface area (Å²) in [4.78, 5) is 33.6. The van der Waals surface area contributed by atoms with Crippen molar-refractivity contribution >= 4 is 44.4 Å². The number of ether oxygens (including phenoxy) is 4. The maximum Gasteiger partial charge on any atom is 0.412 e. The zero-order valence-electron chi connectivity index (χ0n) is 22.3. The van der Waals surface area contributed by atoms with Gasteiger partial charge in [-0.1, -0.05) is 0 Å². The van der Waals surface area contributed by atoms with E-state index in [1.807, 2.05) is 19.1 Å². The highest BCUT2D eigenvalue weighted by molar-refractivity contribution is 7.21. The molecule has 0 fully saturated rings. The smallest absolute Gasteiger partial charge is 0.412 e. The van der Waals surface area contributed by atoms with Crippen LogP contribution in [0.3, 0.4) is 0 Å². The number of amides is 1. The van der Waals surface area contributed by atoms with E-state index in [1.165, 1.54) is 36.9 Å². The lowest BCUT2D eigenvalue weighted by Crippen LogP contribution is -2.25. The number of carbonyl (C=O) groups is 1. The van der Waals surface area contributed by atoms with Crippen LogP contribution in [-0.4, -0.2) is 69.2 Å². The van der Waals surface area contributed by atoms with Gasteiger partial charge in [0.2, 0.25) is 5.88 Å². The Morgan fingerprint density at radius 3 is 2.63 bits per heavy atom. The molecule has 3 heterocycles. The summed E-state index contributed by atoms with van der Waals surface area (Å²) in [6.07, 6.45) is 2.74. The van der Waals surface area contributed by atoms with Crippen molar-refractivity contribution < 1.29 is 33.2 Å². The van der Waals surface area contributed by atoms with Gasteiger partial charge in [0, 0.05) is 17.7 Å². The Kier molecular flexibility index (Phi) is 8.31. The zero-order valence-corrected chi connectivity index (χ0v) is 23.1. The number of halogens is 1. The number of aryl methyl sites for hydroxylation is 1. The summed E-state index contributed by atoms with van der Waals surface area (Å²) >= 11 is 1.37. The molecule has 5 aromatic rings. The van der Waals surface area contributed by atoms with Gasteiger partial charge >= 0.3 is 12.1 Å². The van der Waals surface area contributed by atoms with Crippen molar-refractivity contribution in [1.82, 2.24) is 24.9 Å². The van der Waals surface area contributed by atoms with E-state index >= 15 is 0 Å². The van der Waals surface area contributed by atoms with E-state index in [1.54, 1.807) is 19.2 Å². The minimum Gasteiger partial charge on any atom is -0.487 e. The molecule has 2 N–H and O–H groups in total. The van der Waals surface area contributed by atoms with E-state index in [0.29, 0.717) is 32.1 Å². The first kappa shape index (κ1) is 27.9. The van der Waals surface area contributed by atoms with Crippen LogP contribution in [0, 0.1) is 12.7 Å². The van der Waals surface area contributed by atoms with Crippen LogP contribution in [0.4, 0.5) is 14.9 Å². The van der Waals surface area contributed by atoms with Crippen LogP contribution in [0.25, 0.3) is 31.8 Å². The van der Waals surface area contributed by atoms with Crippen molar-refractivity contribution in [3.63, 3.8) is 0 Å². The summed E-state index contributed by atoms with van der Waals surface area (Å²) in [5.41, 5.74) is 3.84. The van der Waals surface area contributed by atoms with E-state index in [9.17, 15) is 9.18 Å². The Labute approximate surface area is 237 Å². The third kappa shape index (κ3) is 6.56. The molecule has 212 valence electrons. The SMILES string of the molecule is COc1cnc2c(-c3nc4cc(F)c(OC[C@@H](C)OC(=O)Nc5cnc(OCCO)nc5)cc4s3)cc(C)cc2n1. The Bertz CT molecular complexity index is 1700. The summed E-state index contributed by atoms with van der Waals surface area (Å²) in [5, 5.41) is 11.9. The molecule has 0 radical (unpaired) electrons. The molecule has 2 aromatic carbocycles.